The molecule has 0 aliphatic carbocycles. The minimum Gasteiger partial charge on any atom is -0.359 e. The lowest BCUT2D eigenvalue weighted by Crippen LogP contribution is -2.46. The number of ether oxygens (including phenoxy) is 1. The highest BCUT2D eigenvalue weighted by molar-refractivity contribution is 6.25. The molecular formula is C17H14F3NO4. The maximum absolute atomic E-state index is 12.9. The van der Waals surface area contributed by atoms with Crippen LogP contribution in [0.5, 0.6) is 0 Å². The molecule has 5 nitrogen and oxygen atoms in total. The number of rotatable bonds is 1. The number of imide groups is 1. The monoisotopic (exact) mass is 353 g/mol. The third kappa shape index (κ3) is 1.91. The number of halogens is 3. The van der Waals surface area contributed by atoms with E-state index in [1.54, 1.807) is 6.92 Å². The molecule has 0 spiro atoms. The van der Waals surface area contributed by atoms with Crippen molar-refractivity contribution in [2.75, 3.05) is 4.90 Å². The molecule has 132 valence electrons. The fourth-order valence-corrected chi connectivity index (χ4v) is 4.40. The normalized spacial score (nSPS) is 37.2. The number of nitrogens with zero attached hydrogens (tertiary/aromatic N) is 1. The van der Waals surface area contributed by atoms with Crippen LogP contribution in [0.4, 0.5) is 18.9 Å². The predicted molar refractivity (Wildman–Crippen MR) is 78.4 cm³/mol. The summed E-state index contributed by atoms with van der Waals surface area (Å²) in [6, 6.07) is 4.06. The Hall–Kier alpha value is -2.22. The van der Waals surface area contributed by atoms with Gasteiger partial charge < -0.3 is 4.74 Å². The van der Waals surface area contributed by atoms with E-state index >= 15 is 0 Å². The van der Waals surface area contributed by atoms with Crippen molar-refractivity contribution in [3.63, 3.8) is 0 Å². The summed E-state index contributed by atoms with van der Waals surface area (Å²) in [7, 11) is 0. The number of hydrogen-bond acceptors (Lipinski definition) is 4. The Morgan fingerprint density at radius 3 is 2.40 bits per heavy atom. The SMILES string of the molecule is CC12CC(=O)[C@@](C)(O1)[C@H]1C(=O)N(c3cccc(C(F)(F)F)c3)C(=O)[C@H]12. The summed E-state index contributed by atoms with van der Waals surface area (Å²) in [5.41, 5.74) is -3.59. The van der Waals surface area contributed by atoms with Crippen LogP contribution in [0.15, 0.2) is 24.3 Å². The van der Waals surface area contributed by atoms with E-state index in [0.717, 1.165) is 23.1 Å². The van der Waals surface area contributed by atoms with E-state index < -0.39 is 46.6 Å². The summed E-state index contributed by atoms with van der Waals surface area (Å²) in [5, 5.41) is 0. The number of carbonyl (C=O) groups excluding carboxylic acids is 3. The number of fused-ring (bicyclic) bond motifs is 5. The zero-order valence-electron chi connectivity index (χ0n) is 13.4. The fourth-order valence-electron chi connectivity index (χ4n) is 4.40. The van der Waals surface area contributed by atoms with Crippen LogP contribution in [0.2, 0.25) is 0 Å². The number of ketones is 1. The molecule has 0 N–H and O–H groups in total. The van der Waals surface area contributed by atoms with Crippen molar-refractivity contribution < 1.29 is 32.3 Å². The van der Waals surface area contributed by atoms with Gasteiger partial charge in [-0.2, -0.15) is 13.2 Å². The smallest absolute Gasteiger partial charge is 0.359 e. The van der Waals surface area contributed by atoms with Gasteiger partial charge in [0.25, 0.3) is 0 Å². The molecule has 4 rings (SSSR count). The number of carbonyl (C=O) groups is 3. The number of Topliss-reactive ketones (excluding diaryl/α,β-unsaturated/α-hetero) is 1. The Morgan fingerprint density at radius 1 is 1.12 bits per heavy atom. The highest BCUT2D eigenvalue weighted by Crippen LogP contribution is 2.59. The standard InChI is InChI=1S/C17H14F3NO4/c1-15-7-10(22)16(2,25-15)12-11(15)13(23)21(14(12)24)9-5-3-4-8(6-9)17(18,19)20/h3-6,11-12H,7H2,1-2H3/t11-,12+,15?,16+/m0/s1. The predicted octanol–water partition coefficient (Wildman–Crippen LogP) is 2.33. The molecule has 3 aliphatic heterocycles. The Kier molecular flexibility index (Phi) is 2.92. The molecule has 3 heterocycles. The van der Waals surface area contributed by atoms with Gasteiger partial charge in [0.05, 0.1) is 28.7 Å². The number of benzene rings is 1. The molecule has 1 aromatic rings. The van der Waals surface area contributed by atoms with Gasteiger partial charge in [0, 0.05) is 6.42 Å². The number of amides is 2. The van der Waals surface area contributed by atoms with Crippen molar-refractivity contribution in [1.29, 1.82) is 0 Å². The van der Waals surface area contributed by atoms with Crippen molar-refractivity contribution >= 4 is 23.3 Å². The van der Waals surface area contributed by atoms with Crippen LogP contribution < -0.4 is 4.90 Å². The molecular weight excluding hydrogens is 339 g/mol. The summed E-state index contributed by atoms with van der Waals surface area (Å²) in [6.07, 6.45) is -4.58. The van der Waals surface area contributed by atoms with Crippen molar-refractivity contribution in [2.45, 2.75) is 37.6 Å². The van der Waals surface area contributed by atoms with Gasteiger partial charge in [-0.05, 0) is 32.0 Å². The highest BCUT2D eigenvalue weighted by Gasteiger charge is 2.76. The number of hydrogen-bond donors (Lipinski definition) is 0. The Bertz CT molecular complexity index is 835. The van der Waals surface area contributed by atoms with Crippen LogP contribution in [-0.4, -0.2) is 28.8 Å². The molecule has 1 unspecified atom stereocenters. The van der Waals surface area contributed by atoms with Crippen molar-refractivity contribution in [3.8, 4) is 0 Å². The second-order valence-corrected chi connectivity index (χ2v) is 7.14. The molecule has 8 heteroatoms. The fraction of sp³-hybridized carbons (Fsp3) is 0.471. The Balaban J connectivity index is 1.79. The van der Waals surface area contributed by atoms with Gasteiger partial charge in [-0.15, -0.1) is 0 Å². The molecule has 0 aromatic heterocycles. The van der Waals surface area contributed by atoms with E-state index in [2.05, 4.69) is 0 Å². The van der Waals surface area contributed by atoms with Gasteiger partial charge in [-0.3, -0.25) is 14.4 Å². The van der Waals surface area contributed by atoms with Crippen molar-refractivity contribution in [2.24, 2.45) is 11.8 Å². The first-order chi connectivity index (χ1) is 11.5. The van der Waals surface area contributed by atoms with Crippen molar-refractivity contribution in [3.05, 3.63) is 29.8 Å². The Morgan fingerprint density at radius 2 is 1.76 bits per heavy atom. The second kappa shape index (κ2) is 4.49. The molecule has 2 bridgehead atoms. The molecule has 2 amide bonds. The number of alkyl halides is 3. The van der Waals surface area contributed by atoms with Crippen LogP contribution in [-0.2, 0) is 25.3 Å². The summed E-state index contributed by atoms with van der Waals surface area (Å²) in [5.74, 6) is -3.43. The van der Waals surface area contributed by atoms with E-state index in [-0.39, 0.29) is 17.9 Å². The highest BCUT2D eigenvalue weighted by atomic mass is 19.4. The lowest BCUT2D eigenvalue weighted by molar-refractivity contribution is -0.140. The van der Waals surface area contributed by atoms with E-state index in [0.29, 0.717) is 0 Å². The van der Waals surface area contributed by atoms with Crippen LogP contribution in [0, 0.1) is 11.8 Å². The Labute approximate surface area is 140 Å². The molecule has 3 saturated heterocycles. The summed E-state index contributed by atoms with van der Waals surface area (Å²) in [6.45, 7) is 3.08. The molecule has 25 heavy (non-hydrogen) atoms. The largest absolute Gasteiger partial charge is 0.416 e. The molecule has 0 radical (unpaired) electrons. The van der Waals surface area contributed by atoms with Gasteiger partial charge in [0.15, 0.2) is 5.78 Å². The third-order valence-electron chi connectivity index (χ3n) is 5.50. The van der Waals surface area contributed by atoms with Crippen LogP contribution in [0.3, 0.4) is 0 Å². The average Bonchev–Trinajstić information content (AvgIpc) is 3.00. The van der Waals surface area contributed by atoms with E-state index in [4.69, 9.17) is 4.74 Å². The van der Waals surface area contributed by atoms with Gasteiger partial charge in [0.2, 0.25) is 11.8 Å². The van der Waals surface area contributed by atoms with Crippen LogP contribution in [0.25, 0.3) is 0 Å². The van der Waals surface area contributed by atoms with Gasteiger partial charge in [-0.25, -0.2) is 4.90 Å². The van der Waals surface area contributed by atoms with E-state index in [9.17, 15) is 27.6 Å². The first kappa shape index (κ1) is 16.3. The van der Waals surface area contributed by atoms with Crippen LogP contribution >= 0.6 is 0 Å². The molecule has 0 saturated carbocycles. The van der Waals surface area contributed by atoms with Gasteiger partial charge in [-0.1, -0.05) is 6.07 Å². The summed E-state index contributed by atoms with van der Waals surface area (Å²) in [4.78, 5) is 38.7. The first-order valence-electron chi connectivity index (χ1n) is 7.77. The van der Waals surface area contributed by atoms with E-state index in [1.807, 2.05) is 0 Å². The number of anilines is 1. The molecule has 1 aromatic carbocycles. The topological polar surface area (TPSA) is 63.7 Å². The van der Waals surface area contributed by atoms with E-state index in [1.165, 1.54) is 13.0 Å². The third-order valence-corrected chi connectivity index (χ3v) is 5.50. The maximum atomic E-state index is 12.9. The molecule has 4 atom stereocenters. The van der Waals surface area contributed by atoms with Crippen molar-refractivity contribution in [1.82, 2.24) is 0 Å². The lowest BCUT2D eigenvalue weighted by atomic mass is 9.68. The second-order valence-electron chi connectivity index (χ2n) is 7.14. The van der Waals surface area contributed by atoms with Gasteiger partial charge in [0.1, 0.15) is 5.60 Å². The molecule has 3 aliphatic rings. The summed E-state index contributed by atoms with van der Waals surface area (Å²) < 4.78 is 44.5. The van der Waals surface area contributed by atoms with Crippen LogP contribution in [0.1, 0.15) is 25.8 Å². The minimum absolute atomic E-state index is 0.0140. The maximum Gasteiger partial charge on any atom is 0.416 e. The lowest BCUT2D eigenvalue weighted by Gasteiger charge is -2.26. The average molecular weight is 353 g/mol. The zero-order valence-corrected chi connectivity index (χ0v) is 13.4. The minimum atomic E-state index is -4.59. The quantitative estimate of drug-likeness (QED) is 0.727. The van der Waals surface area contributed by atoms with Gasteiger partial charge >= 0.3 is 6.18 Å². The zero-order chi connectivity index (χ0) is 18.4. The molecule has 3 fully saturated rings. The summed E-state index contributed by atoms with van der Waals surface area (Å²) >= 11 is 0. The first-order valence-corrected chi connectivity index (χ1v) is 7.77.